The smallest absolute Gasteiger partial charge is 0.338 e. The van der Waals surface area contributed by atoms with Gasteiger partial charge in [0.2, 0.25) is 0 Å². The molecule has 4 nitrogen and oxygen atoms in total. The molecule has 5 heteroatoms. The molecule has 0 aliphatic rings. The number of halogens is 1. The number of nitrogens with zero attached hydrogens (tertiary/aromatic N) is 1. The molecule has 22 heavy (non-hydrogen) atoms. The topological polar surface area (TPSA) is 46.6 Å². The Balaban J connectivity index is 2.02. The predicted molar refractivity (Wildman–Crippen MR) is 88.9 cm³/mol. The van der Waals surface area contributed by atoms with Crippen LogP contribution >= 0.6 is 15.9 Å². The summed E-state index contributed by atoms with van der Waals surface area (Å²) in [7, 11) is 1.65. The second-order valence-electron chi connectivity index (χ2n) is 4.79. The molecular formula is C17H16BrNO3. The molecule has 0 bridgehead atoms. The summed E-state index contributed by atoms with van der Waals surface area (Å²) in [6.45, 7) is 1.57. The van der Waals surface area contributed by atoms with Gasteiger partial charge in [0.15, 0.2) is 6.10 Å². The summed E-state index contributed by atoms with van der Waals surface area (Å²) in [4.78, 5) is 25.8. The van der Waals surface area contributed by atoms with E-state index < -0.39 is 12.1 Å². The minimum absolute atomic E-state index is 0.281. The number of rotatable bonds is 4. The van der Waals surface area contributed by atoms with Crippen LogP contribution in [-0.2, 0) is 9.53 Å². The van der Waals surface area contributed by atoms with Gasteiger partial charge in [-0.05, 0) is 43.3 Å². The number of hydrogen-bond donors (Lipinski definition) is 0. The SMILES string of the molecule is C[C@H](OC(=O)c1ccc(Br)cc1)C(=O)N(C)c1ccccc1. The second kappa shape index (κ2) is 7.22. The number of anilines is 1. The molecule has 0 saturated heterocycles. The van der Waals surface area contributed by atoms with Crippen LogP contribution < -0.4 is 4.90 Å². The third-order valence-electron chi connectivity index (χ3n) is 3.19. The van der Waals surface area contributed by atoms with Crippen LogP contribution in [0.1, 0.15) is 17.3 Å². The van der Waals surface area contributed by atoms with Crippen LogP contribution in [0.4, 0.5) is 5.69 Å². The molecule has 0 aromatic heterocycles. The van der Waals surface area contributed by atoms with E-state index in [1.54, 1.807) is 38.2 Å². The van der Waals surface area contributed by atoms with Gasteiger partial charge in [-0.25, -0.2) is 4.79 Å². The van der Waals surface area contributed by atoms with Crippen molar-refractivity contribution in [1.82, 2.24) is 0 Å². The van der Waals surface area contributed by atoms with E-state index in [2.05, 4.69) is 15.9 Å². The monoisotopic (exact) mass is 361 g/mol. The minimum atomic E-state index is -0.860. The maximum absolute atomic E-state index is 12.3. The van der Waals surface area contributed by atoms with Crippen LogP contribution in [0.25, 0.3) is 0 Å². The van der Waals surface area contributed by atoms with E-state index in [0.717, 1.165) is 10.2 Å². The largest absolute Gasteiger partial charge is 0.449 e. The Morgan fingerprint density at radius 1 is 1.05 bits per heavy atom. The molecule has 0 N–H and O–H groups in total. The first kappa shape index (κ1) is 16.2. The van der Waals surface area contributed by atoms with Crippen LogP contribution in [0.5, 0.6) is 0 Å². The summed E-state index contributed by atoms with van der Waals surface area (Å²) in [5.74, 6) is -0.800. The van der Waals surface area contributed by atoms with Crippen molar-refractivity contribution in [2.45, 2.75) is 13.0 Å². The number of amides is 1. The first-order valence-corrected chi connectivity index (χ1v) is 7.57. The van der Waals surface area contributed by atoms with Crippen LogP contribution in [0.2, 0.25) is 0 Å². The van der Waals surface area contributed by atoms with Gasteiger partial charge in [-0.2, -0.15) is 0 Å². The van der Waals surface area contributed by atoms with E-state index in [-0.39, 0.29) is 5.91 Å². The summed E-state index contributed by atoms with van der Waals surface area (Å²) in [5.41, 5.74) is 1.16. The standard InChI is InChI=1S/C17H16BrNO3/c1-12(16(20)19(2)15-6-4-3-5-7-15)22-17(21)13-8-10-14(18)11-9-13/h3-12H,1-2H3/t12-/m0/s1. The van der Waals surface area contributed by atoms with Crippen LogP contribution in [-0.4, -0.2) is 25.0 Å². The minimum Gasteiger partial charge on any atom is -0.449 e. The van der Waals surface area contributed by atoms with E-state index in [9.17, 15) is 9.59 Å². The third kappa shape index (κ3) is 3.95. The molecule has 0 unspecified atom stereocenters. The number of likely N-dealkylation sites (N-methyl/N-ethyl adjacent to an activating group) is 1. The van der Waals surface area contributed by atoms with Gasteiger partial charge in [0.1, 0.15) is 0 Å². The van der Waals surface area contributed by atoms with Crippen LogP contribution in [0.15, 0.2) is 59.1 Å². The van der Waals surface area contributed by atoms with E-state index in [4.69, 9.17) is 4.74 Å². The lowest BCUT2D eigenvalue weighted by Crippen LogP contribution is -2.37. The Labute approximate surface area is 137 Å². The van der Waals surface area contributed by atoms with Gasteiger partial charge in [0.25, 0.3) is 5.91 Å². The van der Waals surface area contributed by atoms with Crippen molar-refractivity contribution in [3.05, 3.63) is 64.6 Å². The first-order chi connectivity index (χ1) is 10.5. The average molecular weight is 362 g/mol. The fourth-order valence-electron chi connectivity index (χ4n) is 1.92. The molecule has 2 aromatic carbocycles. The fraction of sp³-hybridized carbons (Fsp3) is 0.176. The lowest BCUT2D eigenvalue weighted by Gasteiger charge is -2.21. The number of carbonyl (C=O) groups excluding carboxylic acids is 2. The van der Waals surface area contributed by atoms with Crippen molar-refractivity contribution in [1.29, 1.82) is 0 Å². The van der Waals surface area contributed by atoms with Crippen molar-refractivity contribution in [2.24, 2.45) is 0 Å². The molecule has 0 radical (unpaired) electrons. The van der Waals surface area contributed by atoms with Gasteiger partial charge < -0.3 is 9.64 Å². The summed E-state index contributed by atoms with van der Waals surface area (Å²) in [6.07, 6.45) is -0.860. The van der Waals surface area contributed by atoms with E-state index in [0.29, 0.717) is 5.56 Å². The molecule has 0 aliphatic carbocycles. The molecule has 0 spiro atoms. The molecule has 0 aliphatic heterocycles. The highest BCUT2D eigenvalue weighted by Crippen LogP contribution is 2.15. The summed E-state index contributed by atoms with van der Waals surface area (Å²) in [5, 5.41) is 0. The van der Waals surface area contributed by atoms with E-state index >= 15 is 0 Å². The highest BCUT2D eigenvalue weighted by molar-refractivity contribution is 9.10. The average Bonchev–Trinajstić information content (AvgIpc) is 2.54. The maximum Gasteiger partial charge on any atom is 0.338 e. The molecule has 114 valence electrons. The number of ether oxygens (including phenoxy) is 1. The molecule has 0 fully saturated rings. The Morgan fingerprint density at radius 3 is 2.23 bits per heavy atom. The Morgan fingerprint density at radius 2 is 1.64 bits per heavy atom. The summed E-state index contributed by atoms with van der Waals surface area (Å²) in [6, 6.07) is 16.0. The summed E-state index contributed by atoms with van der Waals surface area (Å²) >= 11 is 3.30. The van der Waals surface area contributed by atoms with Crippen LogP contribution in [0.3, 0.4) is 0 Å². The number of benzene rings is 2. The maximum atomic E-state index is 12.3. The molecule has 1 atom stereocenters. The lowest BCUT2D eigenvalue weighted by atomic mass is 10.2. The van der Waals surface area contributed by atoms with Crippen molar-refractivity contribution in [3.63, 3.8) is 0 Å². The normalized spacial score (nSPS) is 11.6. The quantitative estimate of drug-likeness (QED) is 0.780. The van der Waals surface area contributed by atoms with Gasteiger partial charge in [-0.3, -0.25) is 4.79 Å². The van der Waals surface area contributed by atoms with Gasteiger partial charge in [-0.15, -0.1) is 0 Å². The van der Waals surface area contributed by atoms with E-state index in [1.807, 2.05) is 30.3 Å². The zero-order valence-electron chi connectivity index (χ0n) is 12.3. The van der Waals surface area contributed by atoms with Gasteiger partial charge in [0.05, 0.1) is 5.56 Å². The number of esters is 1. The molecule has 2 rings (SSSR count). The third-order valence-corrected chi connectivity index (χ3v) is 3.71. The van der Waals surface area contributed by atoms with Crippen molar-refractivity contribution in [2.75, 3.05) is 11.9 Å². The Bertz CT molecular complexity index is 655. The predicted octanol–water partition coefficient (Wildman–Crippen LogP) is 3.66. The second-order valence-corrected chi connectivity index (χ2v) is 5.70. The van der Waals surface area contributed by atoms with Gasteiger partial charge in [-0.1, -0.05) is 34.1 Å². The zero-order chi connectivity index (χ0) is 16.1. The van der Waals surface area contributed by atoms with Crippen LogP contribution in [0, 0.1) is 0 Å². The van der Waals surface area contributed by atoms with Crippen molar-refractivity contribution < 1.29 is 14.3 Å². The number of carbonyl (C=O) groups is 2. The Hall–Kier alpha value is -2.14. The number of para-hydroxylation sites is 1. The zero-order valence-corrected chi connectivity index (χ0v) is 13.9. The van der Waals surface area contributed by atoms with E-state index in [1.165, 1.54) is 4.90 Å². The summed E-state index contributed by atoms with van der Waals surface area (Å²) < 4.78 is 6.11. The molecule has 2 aromatic rings. The van der Waals surface area contributed by atoms with Gasteiger partial charge in [0, 0.05) is 17.2 Å². The molecular weight excluding hydrogens is 346 g/mol. The first-order valence-electron chi connectivity index (χ1n) is 6.78. The highest BCUT2D eigenvalue weighted by Gasteiger charge is 2.22. The van der Waals surface area contributed by atoms with Crippen molar-refractivity contribution in [3.8, 4) is 0 Å². The highest BCUT2D eigenvalue weighted by atomic mass is 79.9. The molecule has 0 heterocycles. The molecule has 1 amide bonds. The van der Waals surface area contributed by atoms with Gasteiger partial charge >= 0.3 is 5.97 Å². The molecule has 0 saturated carbocycles. The fourth-order valence-corrected chi connectivity index (χ4v) is 2.18. The number of hydrogen-bond acceptors (Lipinski definition) is 3. The van der Waals surface area contributed by atoms with Crippen molar-refractivity contribution >= 4 is 33.5 Å². The lowest BCUT2D eigenvalue weighted by molar-refractivity contribution is -0.126. The Kier molecular flexibility index (Phi) is 5.33.